The van der Waals surface area contributed by atoms with Crippen molar-refractivity contribution in [3.05, 3.63) is 41.7 Å². The minimum Gasteiger partial charge on any atom is -0.493 e. The molecular weight excluding hydrogens is 266 g/mol. The van der Waals surface area contributed by atoms with E-state index in [1.807, 2.05) is 18.2 Å². The lowest BCUT2D eigenvalue weighted by atomic mass is 10.0. The van der Waals surface area contributed by atoms with E-state index in [0.29, 0.717) is 24.4 Å². The second-order valence-electron chi connectivity index (χ2n) is 5.21. The number of para-hydroxylation sites is 1. The molecule has 1 unspecified atom stereocenters. The average molecular weight is 285 g/mol. The number of nitrogens with zero attached hydrogens (tertiary/aromatic N) is 2. The third kappa shape index (κ3) is 2.39. The first kappa shape index (κ1) is 13.7. The summed E-state index contributed by atoms with van der Waals surface area (Å²) in [5.41, 5.74) is 2.78. The van der Waals surface area contributed by atoms with Crippen molar-refractivity contribution in [2.24, 2.45) is 0 Å². The molecule has 5 heteroatoms. The highest BCUT2D eigenvalue weighted by molar-refractivity contribution is 6.03. The van der Waals surface area contributed by atoms with Gasteiger partial charge in [0.05, 0.1) is 19.3 Å². The van der Waals surface area contributed by atoms with Crippen molar-refractivity contribution in [3.63, 3.8) is 0 Å². The monoisotopic (exact) mass is 285 g/mol. The molecule has 0 radical (unpaired) electrons. The molecule has 1 aliphatic heterocycles. The molecule has 1 aromatic heterocycles. The zero-order chi connectivity index (χ0) is 14.8. The van der Waals surface area contributed by atoms with Crippen LogP contribution in [0.15, 0.2) is 30.5 Å². The molecule has 2 heterocycles. The zero-order valence-electron chi connectivity index (χ0n) is 12.3. The molecule has 110 valence electrons. The van der Waals surface area contributed by atoms with E-state index in [-0.39, 0.29) is 11.8 Å². The number of rotatable bonds is 5. The van der Waals surface area contributed by atoms with Crippen LogP contribution in [-0.4, -0.2) is 28.7 Å². The number of carbonyl (C=O) groups excluding carboxylic acids is 1. The molecule has 0 bridgehead atoms. The normalized spacial score (nSPS) is 16.4. The summed E-state index contributed by atoms with van der Waals surface area (Å²) in [5, 5.41) is 7.56. The minimum atomic E-state index is -0.247. The Labute approximate surface area is 123 Å². The molecule has 0 saturated heterocycles. The molecule has 1 atom stereocenters. The number of hydrogen-bond acceptors (Lipinski definition) is 4. The first-order chi connectivity index (χ1) is 10.2. The quantitative estimate of drug-likeness (QED) is 0.858. The van der Waals surface area contributed by atoms with E-state index in [1.54, 1.807) is 18.0 Å². The molecule has 0 saturated carbocycles. The summed E-state index contributed by atoms with van der Waals surface area (Å²) >= 11 is 0. The molecule has 1 aliphatic rings. The maximum absolute atomic E-state index is 12.8. The lowest BCUT2D eigenvalue weighted by Gasteiger charge is -2.13. The number of ketones is 1. The van der Waals surface area contributed by atoms with Crippen molar-refractivity contribution < 1.29 is 9.53 Å². The van der Waals surface area contributed by atoms with Crippen LogP contribution in [0.25, 0.3) is 0 Å². The Morgan fingerprint density at radius 2 is 2.29 bits per heavy atom. The van der Waals surface area contributed by atoms with Gasteiger partial charge in [0.1, 0.15) is 5.69 Å². The van der Waals surface area contributed by atoms with Crippen molar-refractivity contribution in [1.82, 2.24) is 9.78 Å². The molecule has 0 spiro atoms. The second kappa shape index (κ2) is 5.60. The van der Waals surface area contributed by atoms with Crippen LogP contribution in [0.1, 0.15) is 29.4 Å². The SMILES string of the molecule is CCCn1ncc(OC)c1C(=O)C1Cc2ccccc2N1. The van der Waals surface area contributed by atoms with Crippen LogP contribution in [0.4, 0.5) is 5.69 Å². The van der Waals surface area contributed by atoms with E-state index < -0.39 is 0 Å². The molecule has 21 heavy (non-hydrogen) atoms. The van der Waals surface area contributed by atoms with Crippen LogP contribution < -0.4 is 10.1 Å². The van der Waals surface area contributed by atoms with Crippen molar-refractivity contribution in [1.29, 1.82) is 0 Å². The maximum atomic E-state index is 12.8. The van der Waals surface area contributed by atoms with E-state index >= 15 is 0 Å². The fourth-order valence-corrected chi connectivity index (χ4v) is 2.77. The fraction of sp³-hybridized carbons (Fsp3) is 0.375. The zero-order valence-corrected chi connectivity index (χ0v) is 12.3. The summed E-state index contributed by atoms with van der Waals surface area (Å²) in [5.74, 6) is 0.584. The molecule has 5 nitrogen and oxygen atoms in total. The molecule has 1 aromatic carbocycles. The number of aromatic nitrogens is 2. The number of benzene rings is 1. The van der Waals surface area contributed by atoms with Gasteiger partial charge in [0.15, 0.2) is 5.75 Å². The number of methoxy groups -OCH3 is 1. The van der Waals surface area contributed by atoms with Gasteiger partial charge < -0.3 is 10.1 Å². The largest absolute Gasteiger partial charge is 0.493 e. The van der Waals surface area contributed by atoms with Crippen molar-refractivity contribution in [2.75, 3.05) is 12.4 Å². The summed E-state index contributed by atoms with van der Waals surface area (Å²) in [4.78, 5) is 12.8. The minimum absolute atomic E-state index is 0.0361. The molecule has 2 aromatic rings. The topological polar surface area (TPSA) is 56.2 Å². The van der Waals surface area contributed by atoms with Crippen LogP contribution in [0.3, 0.4) is 0 Å². The maximum Gasteiger partial charge on any atom is 0.207 e. The highest BCUT2D eigenvalue weighted by Crippen LogP contribution is 2.29. The van der Waals surface area contributed by atoms with E-state index in [4.69, 9.17) is 4.74 Å². The number of anilines is 1. The summed E-state index contributed by atoms with van der Waals surface area (Å²) in [6, 6.07) is 7.78. The molecule has 3 rings (SSSR count). The predicted octanol–water partition coefficient (Wildman–Crippen LogP) is 2.52. The second-order valence-corrected chi connectivity index (χ2v) is 5.21. The van der Waals surface area contributed by atoms with Gasteiger partial charge in [-0.15, -0.1) is 0 Å². The third-order valence-corrected chi connectivity index (χ3v) is 3.78. The van der Waals surface area contributed by atoms with Crippen LogP contribution >= 0.6 is 0 Å². The van der Waals surface area contributed by atoms with E-state index in [1.165, 1.54) is 5.56 Å². The highest BCUT2D eigenvalue weighted by Gasteiger charge is 2.31. The highest BCUT2D eigenvalue weighted by atomic mass is 16.5. The van der Waals surface area contributed by atoms with Crippen molar-refractivity contribution in [2.45, 2.75) is 32.4 Å². The third-order valence-electron chi connectivity index (χ3n) is 3.78. The predicted molar refractivity (Wildman–Crippen MR) is 81.0 cm³/mol. The van der Waals surface area contributed by atoms with E-state index in [2.05, 4.69) is 23.4 Å². The van der Waals surface area contributed by atoms with Gasteiger partial charge >= 0.3 is 0 Å². The van der Waals surface area contributed by atoms with Gasteiger partial charge in [-0.3, -0.25) is 9.48 Å². The Hall–Kier alpha value is -2.30. The van der Waals surface area contributed by atoms with Crippen LogP contribution in [0, 0.1) is 0 Å². The van der Waals surface area contributed by atoms with Crippen molar-refractivity contribution in [3.8, 4) is 5.75 Å². The Morgan fingerprint density at radius 3 is 3.00 bits per heavy atom. The lowest BCUT2D eigenvalue weighted by Crippen LogP contribution is -2.29. The lowest BCUT2D eigenvalue weighted by molar-refractivity contribution is 0.0957. The van der Waals surface area contributed by atoms with Gasteiger partial charge in [0.25, 0.3) is 0 Å². The number of aryl methyl sites for hydroxylation is 1. The summed E-state index contributed by atoms with van der Waals surface area (Å²) in [6.07, 6.45) is 3.24. The van der Waals surface area contributed by atoms with E-state index in [0.717, 1.165) is 12.1 Å². The average Bonchev–Trinajstić information content (AvgIpc) is 3.10. The Kier molecular flexibility index (Phi) is 3.64. The first-order valence-electron chi connectivity index (χ1n) is 7.23. The van der Waals surface area contributed by atoms with Crippen LogP contribution in [0.2, 0.25) is 0 Å². The number of Topliss-reactive ketones (excluding diaryl/α,β-unsaturated/α-hetero) is 1. The molecule has 0 amide bonds. The van der Waals surface area contributed by atoms with Gasteiger partial charge in [-0.05, 0) is 18.1 Å². The smallest absolute Gasteiger partial charge is 0.207 e. The standard InChI is InChI=1S/C16H19N3O2/c1-3-8-19-15(14(21-2)10-17-19)16(20)13-9-11-6-4-5-7-12(11)18-13/h4-7,10,13,18H,3,8-9H2,1-2H3. The summed E-state index contributed by atoms with van der Waals surface area (Å²) < 4.78 is 7.04. The summed E-state index contributed by atoms with van der Waals surface area (Å²) in [6.45, 7) is 2.77. The number of fused-ring (bicyclic) bond motifs is 1. The Morgan fingerprint density at radius 1 is 1.48 bits per heavy atom. The number of carbonyl (C=O) groups is 1. The number of hydrogen-bond donors (Lipinski definition) is 1. The fourth-order valence-electron chi connectivity index (χ4n) is 2.77. The van der Waals surface area contributed by atoms with Gasteiger partial charge in [-0.25, -0.2) is 0 Å². The summed E-state index contributed by atoms with van der Waals surface area (Å²) in [7, 11) is 1.57. The molecule has 1 N–H and O–H groups in total. The molecule has 0 fully saturated rings. The van der Waals surface area contributed by atoms with Crippen molar-refractivity contribution >= 4 is 11.5 Å². The molecular formula is C16H19N3O2. The first-order valence-corrected chi connectivity index (χ1v) is 7.23. The Bertz CT molecular complexity index is 638. The number of nitrogens with one attached hydrogen (secondary N) is 1. The molecule has 0 aliphatic carbocycles. The Balaban J connectivity index is 1.88. The van der Waals surface area contributed by atoms with Gasteiger partial charge in [-0.2, -0.15) is 5.10 Å². The van der Waals surface area contributed by atoms with Crippen LogP contribution in [-0.2, 0) is 13.0 Å². The van der Waals surface area contributed by atoms with Crippen LogP contribution in [0.5, 0.6) is 5.75 Å². The van der Waals surface area contributed by atoms with Gasteiger partial charge in [0, 0.05) is 18.7 Å². The van der Waals surface area contributed by atoms with Gasteiger partial charge in [-0.1, -0.05) is 25.1 Å². The van der Waals surface area contributed by atoms with Gasteiger partial charge in [0.2, 0.25) is 5.78 Å². The van der Waals surface area contributed by atoms with E-state index in [9.17, 15) is 4.79 Å². The number of ether oxygens (including phenoxy) is 1.